The number of aromatic nitrogens is 5. The molecule has 1 aliphatic carbocycles. The molecule has 1 aromatic carbocycles. The standard InChI is InChI=1S/C18H17ClF2N6O/c19-14-15(17(20)21)24-27(16(14)12-6-7-12)9-13(28)23-18-22-10-26(25-18)8-11-4-2-1-3-5-11/h1-5,10,12,17H,6-9H2,(H,23,25,28). The Morgan fingerprint density at radius 2 is 2.00 bits per heavy atom. The number of carbonyl (C=O) groups is 1. The maximum Gasteiger partial charge on any atom is 0.283 e. The fraction of sp³-hybridized carbons (Fsp3) is 0.333. The highest BCUT2D eigenvalue weighted by atomic mass is 35.5. The number of hydrogen-bond donors (Lipinski definition) is 1. The molecule has 2 heterocycles. The average Bonchev–Trinajstić information content (AvgIpc) is 3.31. The zero-order valence-corrected chi connectivity index (χ0v) is 15.5. The predicted octanol–water partition coefficient (Wildman–Crippen LogP) is 3.63. The molecule has 7 nitrogen and oxygen atoms in total. The van der Waals surface area contributed by atoms with Crippen molar-refractivity contribution in [1.29, 1.82) is 0 Å². The number of carbonyl (C=O) groups excluding carboxylic acids is 1. The smallest absolute Gasteiger partial charge is 0.283 e. The minimum Gasteiger partial charge on any atom is -0.292 e. The Balaban J connectivity index is 1.43. The van der Waals surface area contributed by atoms with E-state index in [1.54, 1.807) is 4.68 Å². The van der Waals surface area contributed by atoms with Crippen LogP contribution in [-0.2, 0) is 17.9 Å². The van der Waals surface area contributed by atoms with Crippen molar-refractivity contribution in [3.8, 4) is 0 Å². The van der Waals surface area contributed by atoms with Crippen molar-refractivity contribution in [2.45, 2.75) is 38.3 Å². The maximum absolute atomic E-state index is 13.1. The van der Waals surface area contributed by atoms with Crippen LogP contribution >= 0.6 is 11.6 Å². The first-order chi connectivity index (χ1) is 13.5. The highest BCUT2D eigenvalue weighted by molar-refractivity contribution is 6.32. The van der Waals surface area contributed by atoms with Crippen LogP contribution in [0.25, 0.3) is 0 Å². The lowest BCUT2D eigenvalue weighted by atomic mass is 10.2. The average molecular weight is 407 g/mol. The molecule has 1 saturated carbocycles. The van der Waals surface area contributed by atoms with E-state index < -0.39 is 18.0 Å². The summed E-state index contributed by atoms with van der Waals surface area (Å²) in [4.78, 5) is 16.4. The Bertz CT molecular complexity index is 983. The van der Waals surface area contributed by atoms with Crippen LogP contribution < -0.4 is 5.32 Å². The Hall–Kier alpha value is -2.81. The molecule has 10 heteroatoms. The van der Waals surface area contributed by atoms with E-state index in [4.69, 9.17) is 11.6 Å². The molecule has 4 rings (SSSR count). The van der Waals surface area contributed by atoms with Gasteiger partial charge in [-0.3, -0.25) is 14.8 Å². The number of nitrogens with zero attached hydrogens (tertiary/aromatic N) is 5. The van der Waals surface area contributed by atoms with Crippen molar-refractivity contribution >= 4 is 23.5 Å². The first-order valence-corrected chi connectivity index (χ1v) is 9.16. The summed E-state index contributed by atoms with van der Waals surface area (Å²) in [7, 11) is 0. The quantitative estimate of drug-likeness (QED) is 0.650. The molecular formula is C18H17ClF2N6O. The largest absolute Gasteiger partial charge is 0.292 e. The van der Waals surface area contributed by atoms with Gasteiger partial charge in [0.1, 0.15) is 18.6 Å². The van der Waals surface area contributed by atoms with Gasteiger partial charge in [-0.2, -0.15) is 5.10 Å². The van der Waals surface area contributed by atoms with E-state index in [0.29, 0.717) is 12.2 Å². The lowest BCUT2D eigenvalue weighted by Gasteiger charge is -2.06. The monoisotopic (exact) mass is 406 g/mol. The summed E-state index contributed by atoms with van der Waals surface area (Å²) >= 11 is 6.06. The van der Waals surface area contributed by atoms with Crippen LogP contribution in [0.1, 0.15) is 42.1 Å². The fourth-order valence-corrected chi connectivity index (χ4v) is 3.35. The summed E-state index contributed by atoms with van der Waals surface area (Å²) in [5, 5.41) is 10.6. The minimum atomic E-state index is -2.79. The number of amides is 1. The van der Waals surface area contributed by atoms with E-state index in [-0.39, 0.29) is 23.4 Å². The van der Waals surface area contributed by atoms with Crippen molar-refractivity contribution < 1.29 is 13.6 Å². The molecule has 0 unspecified atom stereocenters. The molecule has 0 atom stereocenters. The van der Waals surface area contributed by atoms with Gasteiger partial charge in [-0.1, -0.05) is 41.9 Å². The zero-order chi connectivity index (χ0) is 19.7. The number of rotatable bonds is 7. The molecule has 0 bridgehead atoms. The lowest BCUT2D eigenvalue weighted by molar-refractivity contribution is -0.117. The Morgan fingerprint density at radius 1 is 1.25 bits per heavy atom. The van der Waals surface area contributed by atoms with Gasteiger partial charge in [-0.15, -0.1) is 5.10 Å². The Kier molecular flexibility index (Phi) is 5.08. The third kappa shape index (κ3) is 4.04. The van der Waals surface area contributed by atoms with E-state index in [9.17, 15) is 13.6 Å². The van der Waals surface area contributed by atoms with Crippen LogP contribution in [0, 0.1) is 0 Å². The number of nitrogens with one attached hydrogen (secondary N) is 1. The Labute approximate surface area is 164 Å². The van der Waals surface area contributed by atoms with Gasteiger partial charge in [-0.25, -0.2) is 18.4 Å². The highest BCUT2D eigenvalue weighted by Crippen LogP contribution is 2.45. The van der Waals surface area contributed by atoms with Crippen LogP contribution in [0.5, 0.6) is 0 Å². The molecule has 0 radical (unpaired) electrons. The van der Waals surface area contributed by atoms with Crippen molar-refractivity contribution in [2.75, 3.05) is 5.32 Å². The van der Waals surface area contributed by atoms with Gasteiger partial charge < -0.3 is 0 Å². The van der Waals surface area contributed by atoms with E-state index in [1.165, 1.54) is 11.0 Å². The number of alkyl halides is 2. The molecule has 1 aliphatic rings. The molecule has 1 amide bonds. The fourth-order valence-electron chi connectivity index (χ4n) is 2.98. The zero-order valence-electron chi connectivity index (χ0n) is 14.7. The van der Waals surface area contributed by atoms with Crippen molar-refractivity contribution in [1.82, 2.24) is 24.5 Å². The topological polar surface area (TPSA) is 77.6 Å². The van der Waals surface area contributed by atoms with Crippen molar-refractivity contribution in [2.24, 2.45) is 0 Å². The van der Waals surface area contributed by atoms with E-state index in [0.717, 1.165) is 18.4 Å². The number of benzene rings is 1. The summed E-state index contributed by atoms with van der Waals surface area (Å²) in [6.07, 6.45) is 0.421. The van der Waals surface area contributed by atoms with E-state index in [1.807, 2.05) is 30.3 Å². The molecule has 0 saturated heterocycles. The number of halogens is 3. The first-order valence-electron chi connectivity index (χ1n) is 8.78. The van der Waals surface area contributed by atoms with E-state index in [2.05, 4.69) is 20.5 Å². The van der Waals surface area contributed by atoms with Gasteiger partial charge in [0.15, 0.2) is 0 Å². The number of hydrogen-bond acceptors (Lipinski definition) is 4. The summed E-state index contributed by atoms with van der Waals surface area (Å²) in [5.74, 6) is -0.246. The van der Waals surface area contributed by atoms with Crippen LogP contribution in [0.2, 0.25) is 5.02 Å². The number of anilines is 1. The molecule has 146 valence electrons. The maximum atomic E-state index is 13.1. The van der Waals surface area contributed by atoms with Crippen LogP contribution in [0.3, 0.4) is 0 Å². The van der Waals surface area contributed by atoms with Gasteiger partial charge >= 0.3 is 0 Å². The summed E-state index contributed by atoms with van der Waals surface area (Å²) in [6, 6.07) is 9.70. The summed E-state index contributed by atoms with van der Waals surface area (Å²) in [6.45, 7) is 0.285. The Morgan fingerprint density at radius 3 is 2.68 bits per heavy atom. The molecule has 0 aliphatic heterocycles. The summed E-state index contributed by atoms with van der Waals surface area (Å²) in [5.41, 5.74) is 1.06. The van der Waals surface area contributed by atoms with Crippen LogP contribution in [0.15, 0.2) is 36.7 Å². The second-order valence-electron chi connectivity index (χ2n) is 6.62. The van der Waals surface area contributed by atoms with Gasteiger partial charge in [0.2, 0.25) is 11.9 Å². The van der Waals surface area contributed by atoms with Crippen molar-refractivity contribution in [3.63, 3.8) is 0 Å². The molecule has 0 spiro atoms. The van der Waals surface area contributed by atoms with Gasteiger partial charge in [0, 0.05) is 5.92 Å². The lowest BCUT2D eigenvalue weighted by Crippen LogP contribution is -2.21. The van der Waals surface area contributed by atoms with E-state index >= 15 is 0 Å². The van der Waals surface area contributed by atoms with Crippen LogP contribution in [0.4, 0.5) is 14.7 Å². The molecule has 2 aromatic heterocycles. The highest BCUT2D eigenvalue weighted by Gasteiger charge is 2.34. The van der Waals surface area contributed by atoms with Crippen molar-refractivity contribution in [3.05, 3.63) is 58.6 Å². The normalized spacial score (nSPS) is 13.9. The molecule has 3 aromatic rings. The van der Waals surface area contributed by atoms with Gasteiger partial charge in [0.05, 0.1) is 17.3 Å². The minimum absolute atomic E-state index is 0.0458. The predicted molar refractivity (Wildman–Crippen MR) is 98.4 cm³/mol. The molecule has 1 fully saturated rings. The molecule has 1 N–H and O–H groups in total. The second kappa shape index (κ2) is 7.67. The third-order valence-corrected chi connectivity index (χ3v) is 4.78. The summed E-state index contributed by atoms with van der Waals surface area (Å²) < 4.78 is 29.0. The SMILES string of the molecule is O=C(Cn1nc(C(F)F)c(Cl)c1C1CC1)Nc1ncn(Cc2ccccc2)n1. The second-order valence-corrected chi connectivity index (χ2v) is 6.99. The first kappa shape index (κ1) is 18.5. The van der Waals surface area contributed by atoms with Gasteiger partial charge in [0.25, 0.3) is 6.43 Å². The molecule has 28 heavy (non-hydrogen) atoms. The van der Waals surface area contributed by atoms with Crippen LogP contribution in [-0.4, -0.2) is 30.5 Å². The molecular weight excluding hydrogens is 390 g/mol. The van der Waals surface area contributed by atoms with Gasteiger partial charge in [-0.05, 0) is 18.4 Å². The third-order valence-electron chi connectivity index (χ3n) is 4.40.